The predicted octanol–water partition coefficient (Wildman–Crippen LogP) is 4.05. The number of fused-ring (bicyclic) bond motifs is 1. The van der Waals surface area contributed by atoms with Crippen LogP contribution in [0.2, 0.25) is 5.02 Å². The molecule has 0 aliphatic carbocycles. The van der Waals surface area contributed by atoms with E-state index in [1.165, 1.54) is 6.07 Å². The molecule has 0 spiro atoms. The van der Waals surface area contributed by atoms with Gasteiger partial charge in [0.25, 0.3) is 0 Å². The van der Waals surface area contributed by atoms with E-state index in [-0.39, 0.29) is 12.2 Å². The topological polar surface area (TPSA) is 70.4 Å². The van der Waals surface area contributed by atoms with Crippen LogP contribution in [0, 0.1) is 6.92 Å². The van der Waals surface area contributed by atoms with Gasteiger partial charge in [0.15, 0.2) is 0 Å². The number of aromatic nitrogens is 1. The van der Waals surface area contributed by atoms with Gasteiger partial charge in [-0.05, 0) is 25.1 Å². The minimum atomic E-state index is -1.06. The van der Waals surface area contributed by atoms with Gasteiger partial charge in [0.05, 0.1) is 23.4 Å². The first-order valence-corrected chi connectivity index (χ1v) is 7.42. The molecule has 0 radical (unpaired) electrons. The Morgan fingerprint density at radius 3 is 2.48 bits per heavy atom. The number of benzene rings is 2. The van der Waals surface area contributed by atoms with E-state index in [1.54, 1.807) is 12.1 Å². The second-order valence-electron chi connectivity index (χ2n) is 5.35. The number of pyridine rings is 1. The lowest BCUT2D eigenvalue weighted by molar-refractivity contribution is 0.0699. The van der Waals surface area contributed by atoms with Gasteiger partial charge < -0.3 is 10.2 Å². The molecule has 2 N–H and O–H groups in total. The lowest BCUT2D eigenvalue weighted by atomic mass is 10.0. The summed E-state index contributed by atoms with van der Waals surface area (Å²) < 4.78 is 0. The fourth-order valence-electron chi connectivity index (χ4n) is 2.53. The van der Waals surface area contributed by atoms with Gasteiger partial charge in [-0.25, -0.2) is 9.78 Å². The number of carboxylic acids is 1. The number of hydrogen-bond donors (Lipinski definition) is 2. The molecule has 0 atom stereocenters. The van der Waals surface area contributed by atoms with Crippen molar-refractivity contribution in [2.24, 2.45) is 0 Å². The van der Waals surface area contributed by atoms with Crippen molar-refractivity contribution in [3.8, 4) is 11.3 Å². The van der Waals surface area contributed by atoms with Crippen molar-refractivity contribution in [3.63, 3.8) is 0 Å². The number of aliphatic hydroxyl groups is 1. The minimum absolute atomic E-state index is 0.114. The van der Waals surface area contributed by atoms with Crippen molar-refractivity contribution < 1.29 is 15.0 Å². The molecule has 0 saturated carbocycles. The standard InChI is InChI=1S/C18H14ClNO3/c1-10-2-4-11(5-3-10)16-8-15(18(22)23)14-7-13(19)6-12(9-21)17(14)20-16/h2-8,21H,9H2,1H3,(H,22,23). The van der Waals surface area contributed by atoms with Crippen molar-refractivity contribution in [1.29, 1.82) is 0 Å². The average molecular weight is 328 g/mol. The summed E-state index contributed by atoms with van der Waals surface area (Å²) in [6.45, 7) is 1.71. The quantitative estimate of drug-likeness (QED) is 0.761. The van der Waals surface area contributed by atoms with E-state index in [9.17, 15) is 15.0 Å². The summed E-state index contributed by atoms with van der Waals surface area (Å²) in [6, 6.07) is 12.4. The zero-order valence-electron chi connectivity index (χ0n) is 12.4. The molecule has 2 aromatic carbocycles. The van der Waals surface area contributed by atoms with Gasteiger partial charge in [0, 0.05) is 21.5 Å². The lowest BCUT2D eigenvalue weighted by Crippen LogP contribution is -2.02. The van der Waals surface area contributed by atoms with E-state index in [0.717, 1.165) is 11.1 Å². The maximum absolute atomic E-state index is 11.6. The zero-order valence-corrected chi connectivity index (χ0v) is 13.1. The molecule has 3 rings (SSSR count). The highest BCUT2D eigenvalue weighted by Gasteiger charge is 2.16. The summed E-state index contributed by atoms with van der Waals surface area (Å²) in [5.41, 5.74) is 3.54. The molecule has 4 nitrogen and oxygen atoms in total. The monoisotopic (exact) mass is 327 g/mol. The van der Waals surface area contributed by atoms with Gasteiger partial charge in [0.1, 0.15) is 0 Å². The third-order valence-electron chi connectivity index (χ3n) is 3.71. The van der Waals surface area contributed by atoms with E-state index in [2.05, 4.69) is 4.98 Å². The van der Waals surface area contributed by atoms with E-state index in [4.69, 9.17) is 11.6 Å². The van der Waals surface area contributed by atoms with Gasteiger partial charge in [-0.3, -0.25) is 0 Å². The van der Waals surface area contributed by atoms with Crippen LogP contribution in [0.4, 0.5) is 0 Å². The molecule has 0 bridgehead atoms. The van der Waals surface area contributed by atoms with Crippen LogP contribution in [0.3, 0.4) is 0 Å². The Balaban J connectivity index is 2.35. The molecule has 1 heterocycles. The van der Waals surface area contributed by atoms with Gasteiger partial charge in [-0.15, -0.1) is 0 Å². The van der Waals surface area contributed by atoms with Crippen molar-refractivity contribution in [2.75, 3.05) is 0 Å². The number of aromatic carboxylic acids is 1. The second-order valence-corrected chi connectivity index (χ2v) is 5.78. The summed E-state index contributed by atoms with van der Waals surface area (Å²) >= 11 is 6.02. The summed E-state index contributed by atoms with van der Waals surface area (Å²) in [4.78, 5) is 16.2. The number of rotatable bonds is 3. The van der Waals surface area contributed by atoms with Crippen LogP contribution in [0.1, 0.15) is 21.5 Å². The van der Waals surface area contributed by atoms with Crippen LogP contribution in [-0.4, -0.2) is 21.2 Å². The molecule has 116 valence electrons. The van der Waals surface area contributed by atoms with Crippen molar-refractivity contribution in [2.45, 2.75) is 13.5 Å². The van der Waals surface area contributed by atoms with Crippen molar-refractivity contribution in [1.82, 2.24) is 4.98 Å². The Bertz CT molecular complexity index is 904. The zero-order chi connectivity index (χ0) is 16.6. The Kier molecular flexibility index (Phi) is 4.03. The molecular formula is C18H14ClNO3. The van der Waals surface area contributed by atoms with Crippen LogP contribution >= 0.6 is 11.6 Å². The van der Waals surface area contributed by atoms with Crippen LogP contribution in [0.15, 0.2) is 42.5 Å². The molecule has 0 aliphatic heterocycles. The molecular weight excluding hydrogens is 314 g/mol. The molecule has 1 aromatic heterocycles. The molecule has 0 fully saturated rings. The number of carboxylic acid groups (broad SMARTS) is 1. The van der Waals surface area contributed by atoms with Crippen LogP contribution in [-0.2, 0) is 6.61 Å². The largest absolute Gasteiger partial charge is 0.478 e. The first-order chi connectivity index (χ1) is 11.0. The summed E-state index contributed by atoms with van der Waals surface area (Å²) in [7, 11) is 0. The highest BCUT2D eigenvalue weighted by atomic mass is 35.5. The first kappa shape index (κ1) is 15.5. The van der Waals surface area contributed by atoms with Crippen molar-refractivity contribution in [3.05, 3.63) is 64.2 Å². The Morgan fingerprint density at radius 2 is 1.87 bits per heavy atom. The van der Waals surface area contributed by atoms with Crippen LogP contribution in [0.25, 0.3) is 22.2 Å². The van der Waals surface area contributed by atoms with E-state index >= 15 is 0 Å². The number of aryl methyl sites for hydroxylation is 1. The Labute approximate surface area is 138 Å². The van der Waals surface area contributed by atoms with Crippen molar-refractivity contribution >= 4 is 28.5 Å². The molecule has 0 unspecified atom stereocenters. The maximum Gasteiger partial charge on any atom is 0.336 e. The van der Waals surface area contributed by atoms with Crippen LogP contribution in [0.5, 0.6) is 0 Å². The normalized spacial score (nSPS) is 10.9. The molecule has 0 amide bonds. The fraction of sp³-hybridized carbons (Fsp3) is 0.111. The van der Waals surface area contributed by atoms with Gasteiger partial charge >= 0.3 is 5.97 Å². The van der Waals surface area contributed by atoms with E-state index < -0.39 is 5.97 Å². The van der Waals surface area contributed by atoms with Gasteiger partial charge in [-0.2, -0.15) is 0 Å². The molecule has 0 saturated heterocycles. The van der Waals surface area contributed by atoms with E-state index in [1.807, 2.05) is 31.2 Å². The summed E-state index contributed by atoms with van der Waals surface area (Å²) in [5, 5.41) is 19.9. The summed E-state index contributed by atoms with van der Waals surface area (Å²) in [6.07, 6.45) is 0. The third kappa shape index (κ3) is 2.91. The number of halogens is 1. The molecule has 5 heteroatoms. The van der Waals surface area contributed by atoms with Gasteiger partial charge in [-0.1, -0.05) is 41.4 Å². The Morgan fingerprint density at radius 1 is 1.17 bits per heavy atom. The predicted molar refractivity (Wildman–Crippen MR) is 89.8 cm³/mol. The highest BCUT2D eigenvalue weighted by molar-refractivity contribution is 6.31. The minimum Gasteiger partial charge on any atom is -0.478 e. The number of aliphatic hydroxyl groups excluding tert-OH is 1. The number of carbonyl (C=O) groups is 1. The average Bonchev–Trinajstić information content (AvgIpc) is 2.53. The Hall–Kier alpha value is -2.43. The highest BCUT2D eigenvalue weighted by Crippen LogP contribution is 2.30. The van der Waals surface area contributed by atoms with Crippen LogP contribution < -0.4 is 0 Å². The fourth-order valence-corrected chi connectivity index (χ4v) is 2.77. The summed E-state index contributed by atoms with van der Waals surface area (Å²) in [5.74, 6) is -1.06. The second kappa shape index (κ2) is 5.99. The first-order valence-electron chi connectivity index (χ1n) is 7.04. The lowest BCUT2D eigenvalue weighted by Gasteiger charge is -2.11. The van der Waals surface area contributed by atoms with Gasteiger partial charge in [0.2, 0.25) is 0 Å². The molecule has 0 aliphatic rings. The molecule has 23 heavy (non-hydrogen) atoms. The number of nitrogens with zero attached hydrogens (tertiary/aromatic N) is 1. The number of hydrogen-bond acceptors (Lipinski definition) is 3. The maximum atomic E-state index is 11.6. The van der Waals surface area contributed by atoms with E-state index in [0.29, 0.717) is 27.2 Å². The third-order valence-corrected chi connectivity index (χ3v) is 3.92. The molecule has 3 aromatic rings. The smallest absolute Gasteiger partial charge is 0.336 e. The SMILES string of the molecule is Cc1ccc(-c2cc(C(=O)O)c3cc(Cl)cc(CO)c3n2)cc1.